The topological polar surface area (TPSA) is 0 Å². The monoisotopic (exact) mass is 530 g/mol. The summed E-state index contributed by atoms with van der Waals surface area (Å²) in [7, 11) is 5.93. The van der Waals surface area contributed by atoms with E-state index in [4.69, 9.17) is 7.85 Å². The Morgan fingerprint density at radius 3 is 1.35 bits per heavy atom. The molecule has 0 N–H and O–H groups in total. The van der Waals surface area contributed by atoms with Crippen molar-refractivity contribution in [2.75, 3.05) is 0 Å². The molecule has 3 aromatic carbocycles. The largest absolute Gasteiger partial charge is 0.0886 e. The second-order valence-corrected chi connectivity index (χ2v) is 9.08. The van der Waals surface area contributed by atoms with Crippen LogP contribution in [0.2, 0.25) is 6.32 Å². The van der Waals surface area contributed by atoms with Crippen molar-refractivity contribution in [3.05, 3.63) is 103 Å². The molecule has 0 nitrogen and oxygen atoms in total. The van der Waals surface area contributed by atoms with E-state index in [1.807, 2.05) is 0 Å². The summed E-state index contributed by atoms with van der Waals surface area (Å²) in [6.45, 7) is 0. The van der Waals surface area contributed by atoms with E-state index in [9.17, 15) is 0 Å². The molecule has 0 aliphatic rings. The molecule has 0 unspecified atom stereocenters. The van der Waals surface area contributed by atoms with Crippen molar-refractivity contribution in [1.82, 2.24) is 0 Å². The van der Waals surface area contributed by atoms with Crippen LogP contribution >= 0.6 is 47.8 Å². The van der Waals surface area contributed by atoms with Gasteiger partial charge in [-0.15, -0.1) is 0 Å². The molecule has 26 heavy (non-hydrogen) atoms. The molecule has 0 aromatic heterocycles. The van der Waals surface area contributed by atoms with Crippen molar-refractivity contribution in [2.24, 2.45) is 0 Å². The maximum Gasteiger partial charge on any atom is 0.0653 e. The van der Waals surface area contributed by atoms with Gasteiger partial charge < -0.3 is 0 Å². The van der Waals surface area contributed by atoms with Gasteiger partial charge in [0.2, 0.25) is 0 Å². The summed E-state index contributed by atoms with van der Waals surface area (Å²) in [5, 5.41) is 0. The molecule has 0 atom stereocenters. The van der Waals surface area contributed by atoms with Gasteiger partial charge >= 0.3 is 0 Å². The fraction of sp³-hybridized carbons (Fsp3) is 0.182. The third-order valence-corrected chi connectivity index (χ3v) is 6.19. The Labute approximate surface area is 182 Å². The average molecular weight is 533 g/mol. The second-order valence-electron chi connectivity index (χ2n) is 6.33. The van der Waals surface area contributed by atoms with Gasteiger partial charge in [-0.25, -0.2) is 0 Å². The van der Waals surface area contributed by atoms with Crippen LogP contribution < -0.4 is 0 Å². The zero-order chi connectivity index (χ0) is 18.6. The van der Waals surface area contributed by atoms with Crippen LogP contribution in [0.15, 0.2) is 86.2 Å². The lowest BCUT2D eigenvalue weighted by molar-refractivity contribution is 0.549. The minimum atomic E-state index is -0.267. The average Bonchev–Trinajstić information content (AvgIpc) is 2.63. The van der Waals surface area contributed by atoms with Gasteiger partial charge in [0.25, 0.3) is 0 Å². The Balaban J connectivity index is 2.34. The highest BCUT2D eigenvalue weighted by molar-refractivity contribution is 9.11. The van der Waals surface area contributed by atoms with Crippen LogP contribution in [0, 0.1) is 0 Å². The van der Waals surface area contributed by atoms with E-state index in [1.54, 1.807) is 0 Å². The molecule has 4 heteroatoms. The van der Waals surface area contributed by atoms with Gasteiger partial charge in [0.15, 0.2) is 0 Å². The molecule has 2 radical (unpaired) electrons. The van der Waals surface area contributed by atoms with Crippen LogP contribution in [0.3, 0.4) is 0 Å². The normalized spacial score (nSPS) is 11.5. The van der Waals surface area contributed by atoms with Gasteiger partial charge in [0.1, 0.15) is 0 Å². The van der Waals surface area contributed by atoms with Gasteiger partial charge in [0.05, 0.1) is 7.85 Å². The van der Waals surface area contributed by atoms with Crippen LogP contribution in [0.4, 0.5) is 0 Å². The predicted molar refractivity (Wildman–Crippen MR) is 122 cm³/mol. The van der Waals surface area contributed by atoms with E-state index in [1.165, 1.54) is 16.7 Å². The first-order valence-electron chi connectivity index (χ1n) is 8.54. The van der Waals surface area contributed by atoms with E-state index < -0.39 is 0 Å². The molecule has 3 rings (SSSR count). The number of rotatable bonds is 6. The molecule has 0 amide bonds. The van der Waals surface area contributed by atoms with Crippen molar-refractivity contribution in [1.29, 1.82) is 0 Å². The fourth-order valence-electron chi connectivity index (χ4n) is 3.56. The Kier molecular flexibility index (Phi) is 6.82. The van der Waals surface area contributed by atoms with Crippen LogP contribution in [0.5, 0.6) is 0 Å². The summed E-state index contributed by atoms with van der Waals surface area (Å²) in [6, 6.07) is 25.8. The quantitative estimate of drug-likeness (QED) is 0.226. The highest BCUT2D eigenvalue weighted by Gasteiger charge is 2.36. The van der Waals surface area contributed by atoms with Gasteiger partial charge in [-0.2, -0.15) is 0 Å². The summed E-state index contributed by atoms with van der Waals surface area (Å²) in [4.78, 5) is 0. The molecule has 130 valence electrons. The first-order chi connectivity index (χ1) is 12.6. The van der Waals surface area contributed by atoms with Crippen LogP contribution in [0.25, 0.3) is 0 Å². The van der Waals surface area contributed by atoms with Crippen LogP contribution in [0.1, 0.15) is 29.5 Å². The first-order valence-corrected chi connectivity index (χ1v) is 10.9. The minimum absolute atomic E-state index is 0.267. The van der Waals surface area contributed by atoms with Gasteiger partial charge in [-0.05, 0) is 59.5 Å². The summed E-state index contributed by atoms with van der Waals surface area (Å²) in [5.41, 5.74) is 3.51. The van der Waals surface area contributed by atoms with E-state index in [0.29, 0.717) is 6.32 Å². The Morgan fingerprint density at radius 2 is 1.04 bits per heavy atom. The third-order valence-electron chi connectivity index (χ3n) is 4.71. The third kappa shape index (κ3) is 4.18. The molecule has 3 aromatic rings. The van der Waals surface area contributed by atoms with Crippen LogP contribution in [-0.4, -0.2) is 7.85 Å². The molecule has 0 bridgehead atoms. The summed E-state index contributed by atoms with van der Waals surface area (Å²) < 4.78 is 3.24. The summed E-state index contributed by atoms with van der Waals surface area (Å²) >= 11 is 11.0. The lowest BCUT2D eigenvalue weighted by atomic mass is 9.66. The Hall–Kier alpha value is -0.835. The molecule has 0 saturated carbocycles. The fourth-order valence-corrected chi connectivity index (χ4v) is 4.76. The van der Waals surface area contributed by atoms with Crippen molar-refractivity contribution in [3.8, 4) is 0 Å². The summed E-state index contributed by atoms with van der Waals surface area (Å²) in [6.07, 6.45) is 2.54. The maximum atomic E-state index is 5.93. The molecular weight excluding hydrogens is 515 g/mol. The number of benzene rings is 3. The molecule has 0 spiro atoms. The molecule has 0 aliphatic heterocycles. The zero-order valence-electron chi connectivity index (χ0n) is 14.3. The van der Waals surface area contributed by atoms with Crippen molar-refractivity contribution >= 4 is 55.6 Å². The van der Waals surface area contributed by atoms with E-state index in [-0.39, 0.29) is 5.41 Å². The van der Waals surface area contributed by atoms with E-state index in [2.05, 4.69) is 121 Å². The number of hydrogen-bond acceptors (Lipinski definition) is 0. The zero-order valence-corrected chi connectivity index (χ0v) is 19.0. The van der Waals surface area contributed by atoms with Gasteiger partial charge in [-0.3, -0.25) is 0 Å². The second kappa shape index (κ2) is 8.90. The Bertz CT molecular complexity index is 781. The predicted octanol–water partition coefficient (Wildman–Crippen LogP) is 7.68. The molecule has 0 heterocycles. The molecule has 0 aliphatic carbocycles. The van der Waals surface area contributed by atoms with E-state index >= 15 is 0 Å². The Morgan fingerprint density at radius 1 is 0.654 bits per heavy atom. The lowest BCUT2D eigenvalue weighted by Gasteiger charge is -2.36. The molecule has 0 fully saturated rings. The van der Waals surface area contributed by atoms with Crippen molar-refractivity contribution < 1.29 is 0 Å². The van der Waals surface area contributed by atoms with Crippen LogP contribution in [-0.2, 0) is 5.41 Å². The van der Waals surface area contributed by atoms with Crippen molar-refractivity contribution in [3.63, 3.8) is 0 Å². The lowest BCUT2D eigenvalue weighted by Crippen LogP contribution is -2.29. The molecule has 0 saturated heterocycles. The highest BCUT2D eigenvalue weighted by Crippen LogP contribution is 2.45. The van der Waals surface area contributed by atoms with Crippen molar-refractivity contribution in [2.45, 2.75) is 24.6 Å². The highest BCUT2D eigenvalue weighted by atomic mass is 79.9. The summed E-state index contributed by atoms with van der Waals surface area (Å²) in [5.74, 6) is 0. The smallest absolute Gasteiger partial charge is 0.0653 e. The first kappa shape index (κ1) is 19.9. The molecular formula is C22H18BBr3. The van der Waals surface area contributed by atoms with Gasteiger partial charge in [-0.1, -0.05) is 96.9 Å². The number of halogens is 3. The SMILES string of the molecule is [B]CCCC(c1cccc(Br)c1)(c1cccc(Br)c1)c1cccc(Br)c1. The van der Waals surface area contributed by atoms with E-state index in [0.717, 1.165) is 26.3 Å². The standard InChI is InChI=1S/C22H18BBr3/c23-12-4-11-22(16-5-1-8-19(24)13-16,17-6-2-9-20(25)14-17)18-7-3-10-21(26)15-18/h1-3,5-10,13-15H,4,11-12H2. The maximum absolute atomic E-state index is 5.93. The number of hydrogen-bond donors (Lipinski definition) is 0. The van der Waals surface area contributed by atoms with Gasteiger partial charge in [0, 0.05) is 18.8 Å². The minimum Gasteiger partial charge on any atom is -0.0886 e.